The monoisotopic (exact) mass is 263 g/mol. The molecule has 0 bridgehead atoms. The van der Waals surface area contributed by atoms with Crippen molar-refractivity contribution >= 4 is 0 Å². The molecule has 3 rings (SSSR count). The molecule has 0 saturated heterocycles. The fraction of sp³-hybridized carbons (Fsp3) is 0.333. The van der Waals surface area contributed by atoms with E-state index in [1.165, 1.54) is 0 Å². The number of aryl methyl sites for hydroxylation is 1. The molecular weight excluding hydrogens is 250 g/mol. The molecule has 0 fully saturated rings. The normalized spacial score (nSPS) is 12.7. The van der Waals surface area contributed by atoms with Crippen LogP contribution in [0.3, 0.4) is 0 Å². The molecule has 19 heavy (non-hydrogen) atoms. The standard InChI is InChI=1S/C12H13N3O4/c1-15-4-9(13-14-15)6-17-10-3-12-11(18-7-19-12)2-8(10)5-16/h2-4,16H,5-7H2,1H3. The van der Waals surface area contributed by atoms with Crippen molar-refractivity contribution in [2.45, 2.75) is 13.2 Å². The molecule has 2 heterocycles. The summed E-state index contributed by atoms with van der Waals surface area (Å²) in [7, 11) is 1.79. The van der Waals surface area contributed by atoms with Crippen molar-refractivity contribution in [2.75, 3.05) is 6.79 Å². The molecule has 1 aliphatic rings. The first kappa shape index (κ1) is 11.8. The van der Waals surface area contributed by atoms with Gasteiger partial charge in [-0.3, -0.25) is 4.68 Å². The summed E-state index contributed by atoms with van der Waals surface area (Å²) in [5.41, 5.74) is 1.36. The number of aliphatic hydroxyl groups is 1. The third-order valence-electron chi connectivity index (χ3n) is 2.75. The molecule has 1 aliphatic heterocycles. The largest absolute Gasteiger partial charge is 0.487 e. The number of benzene rings is 1. The Kier molecular flexibility index (Phi) is 2.96. The zero-order valence-electron chi connectivity index (χ0n) is 10.4. The molecule has 1 N–H and O–H groups in total. The lowest BCUT2D eigenvalue weighted by atomic mass is 10.2. The van der Waals surface area contributed by atoms with Gasteiger partial charge in [-0.2, -0.15) is 0 Å². The van der Waals surface area contributed by atoms with Crippen LogP contribution >= 0.6 is 0 Å². The van der Waals surface area contributed by atoms with Crippen molar-refractivity contribution in [3.8, 4) is 17.2 Å². The average Bonchev–Trinajstić information content (AvgIpc) is 3.03. The number of fused-ring (bicyclic) bond motifs is 1. The van der Waals surface area contributed by atoms with Gasteiger partial charge in [0.05, 0.1) is 12.8 Å². The van der Waals surface area contributed by atoms with Crippen molar-refractivity contribution in [3.63, 3.8) is 0 Å². The fourth-order valence-corrected chi connectivity index (χ4v) is 1.84. The lowest BCUT2D eigenvalue weighted by molar-refractivity contribution is 0.173. The highest BCUT2D eigenvalue weighted by atomic mass is 16.7. The summed E-state index contributed by atoms with van der Waals surface area (Å²) in [6, 6.07) is 3.43. The predicted molar refractivity (Wildman–Crippen MR) is 63.8 cm³/mol. The summed E-state index contributed by atoms with van der Waals surface area (Å²) in [5.74, 6) is 1.79. The first-order valence-electron chi connectivity index (χ1n) is 5.77. The van der Waals surface area contributed by atoms with Crippen LogP contribution in [-0.4, -0.2) is 26.9 Å². The highest BCUT2D eigenvalue weighted by Crippen LogP contribution is 2.38. The Morgan fingerprint density at radius 1 is 1.37 bits per heavy atom. The molecule has 2 aromatic rings. The Balaban J connectivity index is 1.80. The van der Waals surface area contributed by atoms with Gasteiger partial charge < -0.3 is 19.3 Å². The summed E-state index contributed by atoms with van der Waals surface area (Å²) >= 11 is 0. The molecule has 0 amide bonds. The van der Waals surface area contributed by atoms with Crippen LogP contribution in [0, 0.1) is 0 Å². The summed E-state index contributed by atoms with van der Waals surface area (Å²) in [5, 5.41) is 17.1. The van der Waals surface area contributed by atoms with E-state index in [2.05, 4.69) is 10.3 Å². The van der Waals surface area contributed by atoms with Gasteiger partial charge in [-0.05, 0) is 6.07 Å². The van der Waals surface area contributed by atoms with E-state index < -0.39 is 0 Å². The van der Waals surface area contributed by atoms with E-state index in [0.717, 1.165) is 0 Å². The van der Waals surface area contributed by atoms with Crippen molar-refractivity contribution in [2.24, 2.45) is 7.05 Å². The average molecular weight is 263 g/mol. The van der Waals surface area contributed by atoms with E-state index in [9.17, 15) is 5.11 Å². The van der Waals surface area contributed by atoms with Crippen LogP contribution in [0.25, 0.3) is 0 Å². The smallest absolute Gasteiger partial charge is 0.231 e. The number of rotatable bonds is 4. The zero-order chi connectivity index (χ0) is 13.2. The van der Waals surface area contributed by atoms with Crippen LogP contribution in [0.2, 0.25) is 0 Å². The fourth-order valence-electron chi connectivity index (χ4n) is 1.84. The summed E-state index contributed by atoms with van der Waals surface area (Å²) in [6.07, 6.45) is 1.77. The van der Waals surface area contributed by atoms with E-state index in [1.807, 2.05) is 0 Å². The zero-order valence-corrected chi connectivity index (χ0v) is 10.4. The van der Waals surface area contributed by atoms with Crippen molar-refractivity contribution < 1.29 is 19.3 Å². The molecule has 0 spiro atoms. The Labute approximate surface area is 109 Å². The van der Waals surface area contributed by atoms with Gasteiger partial charge in [0.15, 0.2) is 11.5 Å². The second-order valence-electron chi connectivity index (χ2n) is 4.14. The van der Waals surface area contributed by atoms with Crippen LogP contribution in [-0.2, 0) is 20.3 Å². The van der Waals surface area contributed by atoms with E-state index in [0.29, 0.717) is 28.5 Å². The Bertz CT molecular complexity index is 597. The minimum Gasteiger partial charge on any atom is -0.487 e. The highest BCUT2D eigenvalue weighted by molar-refractivity contribution is 5.51. The molecule has 0 radical (unpaired) electrons. The summed E-state index contributed by atoms with van der Waals surface area (Å²) in [6.45, 7) is 0.334. The van der Waals surface area contributed by atoms with E-state index in [-0.39, 0.29) is 20.0 Å². The molecule has 7 nitrogen and oxygen atoms in total. The van der Waals surface area contributed by atoms with Crippen LogP contribution in [0.5, 0.6) is 17.2 Å². The third kappa shape index (κ3) is 2.32. The minimum absolute atomic E-state index is 0.132. The quantitative estimate of drug-likeness (QED) is 0.871. The van der Waals surface area contributed by atoms with E-state index in [1.54, 1.807) is 30.1 Å². The van der Waals surface area contributed by atoms with Gasteiger partial charge in [0.25, 0.3) is 0 Å². The molecule has 100 valence electrons. The van der Waals surface area contributed by atoms with E-state index in [4.69, 9.17) is 14.2 Å². The maximum atomic E-state index is 9.34. The predicted octanol–water partition coefficient (Wildman–Crippen LogP) is 0.615. The Hall–Kier alpha value is -2.28. The maximum absolute atomic E-state index is 9.34. The highest BCUT2D eigenvalue weighted by Gasteiger charge is 2.18. The Morgan fingerprint density at radius 3 is 2.84 bits per heavy atom. The number of hydrogen-bond donors (Lipinski definition) is 1. The maximum Gasteiger partial charge on any atom is 0.231 e. The Morgan fingerprint density at radius 2 is 2.16 bits per heavy atom. The molecule has 0 aliphatic carbocycles. The molecule has 1 aromatic carbocycles. The summed E-state index contributed by atoms with van der Waals surface area (Å²) < 4.78 is 17.8. The van der Waals surface area contributed by atoms with Gasteiger partial charge in [0.1, 0.15) is 18.1 Å². The van der Waals surface area contributed by atoms with Crippen LogP contribution in [0.4, 0.5) is 0 Å². The first-order valence-corrected chi connectivity index (χ1v) is 5.77. The van der Waals surface area contributed by atoms with Gasteiger partial charge in [-0.15, -0.1) is 5.10 Å². The molecule has 0 unspecified atom stereocenters. The number of aliphatic hydroxyl groups excluding tert-OH is 1. The van der Waals surface area contributed by atoms with Crippen LogP contribution in [0.1, 0.15) is 11.3 Å². The van der Waals surface area contributed by atoms with Crippen LogP contribution < -0.4 is 14.2 Å². The topological polar surface area (TPSA) is 78.6 Å². The number of aromatic nitrogens is 3. The second kappa shape index (κ2) is 4.77. The van der Waals surface area contributed by atoms with E-state index >= 15 is 0 Å². The van der Waals surface area contributed by atoms with Gasteiger partial charge >= 0.3 is 0 Å². The second-order valence-corrected chi connectivity index (χ2v) is 4.14. The minimum atomic E-state index is -0.132. The number of ether oxygens (including phenoxy) is 3. The van der Waals surface area contributed by atoms with Gasteiger partial charge in [-0.25, -0.2) is 0 Å². The lowest BCUT2D eigenvalue weighted by Gasteiger charge is -2.09. The number of nitrogens with zero attached hydrogens (tertiary/aromatic N) is 3. The first-order chi connectivity index (χ1) is 9.26. The lowest BCUT2D eigenvalue weighted by Crippen LogP contribution is -1.99. The molecule has 0 atom stereocenters. The molecular formula is C12H13N3O4. The van der Waals surface area contributed by atoms with Crippen molar-refractivity contribution in [1.29, 1.82) is 0 Å². The summed E-state index contributed by atoms with van der Waals surface area (Å²) in [4.78, 5) is 0. The van der Waals surface area contributed by atoms with Crippen molar-refractivity contribution in [1.82, 2.24) is 15.0 Å². The molecule has 7 heteroatoms. The van der Waals surface area contributed by atoms with Crippen LogP contribution in [0.15, 0.2) is 18.3 Å². The van der Waals surface area contributed by atoms with Gasteiger partial charge in [-0.1, -0.05) is 5.21 Å². The van der Waals surface area contributed by atoms with Crippen molar-refractivity contribution in [3.05, 3.63) is 29.6 Å². The number of hydrogen-bond acceptors (Lipinski definition) is 6. The van der Waals surface area contributed by atoms with Gasteiger partial charge in [0.2, 0.25) is 6.79 Å². The molecule has 1 aromatic heterocycles. The van der Waals surface area contributed by atoms with Gasteiger partial charge in [0, 0.05) is 18.7 Å². The third-order valence-corrected chi connectivity index (χ3v) is 2.75. The molecule has 0 saturated carbocycles. The SMILES string of the molecule is Cn1cc(COc2cc3c(cc2CO)OCO3)nn1.